The molecular weight excluding hydrogens is 601 g/mol. The molecule has 2 heterocycles. The molecule has 2 unspecified atom stereocenters. The van der Waals surface area contributed by atoms with Crippen LogP contribution in [0.5, 0.6) is 11.5 Å². The predicted molar refractivity (Wildman–Crippen MR) is 163 cm³/mol. The van der Waals surface area contributed by atoms with Crippen molar-refractivity contribution in [3.63, 3.8) is 0 Å². The van der Waals surface area contributed by atoms with Crippen LogP contribution in [-0.4, -0.2) is 60.9 Å². The minimum atomic E-state index is -0.608. The molecule has 0 radical (unpaired) electrons. The molecule has 0 spiro atoms. The number of halogens is 3. The molecule has 3 aromatic carbocycles. The Hall–Kier alpha value is -3.97. The summed E-state index contributed by atoms with van der Waals surface area (Å²) in [7, 11) is 1.48. The highest BCUT2D eigenvalue weighted by Gasteiger charge is 2.45. The van der Waals surface area contributed by atoms with Gasteiger partial charge in [-0.3, -0.25) is 14.7 Å². The zero-order chi connectivity index (χ0) is 29.1. The third-order valence-electron chi connectivity index (χ3n) is 6.97. The van der Waals surface area contributed by atoms with E-state index in [1.807, 2.05) is 31.2 Å². The quantitative estimate of drug-likeness (QED) is 0.372. The molecule has 1 fully saturated rings. The molecule has 12 heteroatoms. The van der Waals surface area contributed by atoms with Crippen LogP contribution in [0.1, 0.15) is 41.3 Å². The Labute approximate surface area is 260 Å². The number of urea groups is 1. The number of ether oxygens (including phenoxy) is 2. The number of nitrogens with one attached hydrogen (secondary N) is 1. The van der Waals surface area contributed by atoms with Crippen molar-refractivity contribution in [1.82, 2.24) is 15.1 Å². The minimum Gasteiger partial charge on any atom is -0.495 e. The van der Waals surface area contributed by atoms with Gasteiger partial charge in [0.2, 0.25) is 5.91 Å². The van der Waals surface area contributed by atoms with E-state index in [2.05, 4.69) is 11.4 Å². The lowest BCUT2D eigenvalue weighted by Crippen LogP contribution is -2.55. The Balaban J connectivity index is 0.00000405. The van der Waals surface area contributed by atoms with Crippen molar-refractivity contribution in [2.24, 2.45) is 4.99 Å². The lowest BCUT2D eigenvalue weighted by atomic mass is 9.93. The molecule has 2 aliphatic rings. The number of amides is 3. The van der Waals surface area contributed by atoms with Crippen LogP contribution in [0.4, 0.5) is 4.79 Å². The van der Waals surface area contributed by atoms with E-state index in [1.165, 1.54) is 12.0 Å². The number of amidine groups is 1. The van der Waals surface area contributed by atoms with Crippen molar-refractivity contribution in [3.8, 4) is 17.6 Å². The normalized spacial score (nSPS) is 18.0. The summed E-state index contributed by atoms with van der Waals surface area (Å²) < 4.78 is 11.4. The van der Waals surface area contributed by atoms with Crippen LogP contribution in [0.15, 0.2) is 65.7 Å². The standard InChI is InChI=1S/C30H27Cl2N5O4.ClH/c1-3-41-25-15-24(40-2)20(16-33)14-23(25)29-35-27(18-4-8-21(31)9-5-18)28(19-6-10-22(32)11-7-19)37(29)30(39)36-13-12-34-26(38)17-36;/h4-11,14-15,27-28H,3,12-13,17H2,1-2H3,(H,34,38);1H. The number of methoxy groups -OCH3 is 1. The number of nitrogens with zero attached hydrogens (tertiary/aromatic N) is 4. The second-order valence-corrected chi connectivity index (χ2v) is 10.3. The van der Waals surface area contributed by atoms with E-state index in [4.69, 9.17) is 37.7 Å². The fraction of sp³-hybridized carbons (Fsp3) is 0.267. The smallest absolute Gasteiger partial charge is 0.326 e. The number of piperazine rings is 1. The van der Waals surface area contributed by atoms with E-state index < -0.39 is 18.1 Å². The molecule has 3 amide bonds. The fourth-order valence-electron chi connectivity index (χ4n) is 5.08. The van der Waals surface area contributed by atoms with Gasteiger partial charge in [-0.2, -0.15) is 5.26 Å². The number of hydrogen-bond acceptors (Lipinski definition) is 6. The third-order valence-corrected chi connectivity index (χ3v) is 7.47. The van der Waals surface area contributed by atoms with Crippen molar-refractivity contribution in [2.45, 2.75) is 19.0 Å². The second-order valence-electron chi connectivity index (χ2n) is 9.46. The number of nitriles is 1. The monoisotopic (exact) mass is 627 g/mol. The van der Waals surface area contributed by atoms with Gasteiger partial charge >= 0.3 is 6.03 Å². The van der Waals surface area contributed by atoms with E-state index in [0.29, 0.717) is 52.6 Å². The number of carbonyl (C=O) groups is 2. The molecule has 3 aromatic rings. The maximum atomic E-state index is 14.4. The van der Waals surface area contributed by atoms with Gasteiger partial charge in [-0.05, 0) is 48.4 Å². The van der Waals surface area contributed by atoms with Crippen LogP contribution < -0.4 is 14.8 Å². The maximum absolute atomic E-state index is 14.4. The van der Waals surface area contributed by atoms with Crippen LogP contribution in [0.3, 0.4) is 0 Å². The molecule has 5 rings (SSSR count). The molecule has 218 valence electrons. The summed E-state index contributed by atoms with van der Waals surface area (Å²) in [6.07, 6.45) is 0. The molecule has 2 aliphatic heterocycles. The van der Waals surface area contributed by atoms with Crippen molar-refractivity contribution in [2.75, 3.05) is 33.4 Å². The van der Waals surface area contributed by atoms with E-state index in [1.54, 1.807) is 41.3 Å². The molecule has 1 N–H and O–H groups in total. The second kappa shape index (κ2) is 13.3. The molecule has 9 nitrogen and oxygen atoms in total. The van der Waals surface area contributed by atoms with E-state index in [0.717, 1.165) is 11.1 Å². The summed E-state index contributed by atoms with van der Waals surface area (Å²) in [5, 5.41) is 13.8. The number of aliphatic imine (C=N–C) groups is 1. The van der Waals surface area contributed by atoms with E-state index >= 15 is 0 Å². The van der Waals surface area contributed by atoms with Crippen molar-refractivity contribution in [3.05, 3.63) is 93.0 Å². The SMILES string of the molecule is CCOc1cc(OC)c(C#N)cc1C1=NC(c2ccc(Cl)cc2)C(c2ccc(Cl)cc2)N1C(=O)N1CCNC(=O)C1.Cl. The lowest BCUT2D eigenvalue weighted by molar-refractivity contribution is -0.123. The Bertz CT molecular complexity index is 1540. The van der Waals surface area contributed by atoms with Gasteiger partial charge in [0, 0.05) is 29.2 Å². The van der Waals surface area contributed by atoms with E-state index in [9.17, 15) is 14.9 Å². The predicted octanol–water partition coefficient (Wildman–Crippen LogP) is 5.79. The summed E-state index contributed by atoms with van der Waals surface area (Å²) in [5.41, 5.74) is 2.33. The first-order valence-electron chi connectivity index (χ1n) is 13.0. The molecule has 0 bridgehead atoms. The van der Waals surface area contributed by atoms with Gasteiger partial charge in [0.05, 0.1) is 30.9 Å². The summed E-state index contributed by atoms with van der Waals surface area (Å²) >= 11 is 12.4. The van der Waals surface area contributed by atoms with Gasteiger partial charge in [-0.25, -0.2) is 4.79 Å². The van der Waals surface area contributed by atoms with Crippen molar-refractivity contribution >= 4 is 53.4 Å². The van der Waals surface area contributed by atoms with Crippen LogP contribution >= 0.6 is 35.6 Å². The molecule has 42 heavy (non-hydrogen) atoms. The Morgan fingerprint density at radius 2 is 1.71 bits per heavy atom. The van der Waals surface area contributed by atoms with Gasteiger partial charge in [-0.1, -0.05) is 47.5 Å². The summed E-state index contributed by atoms with van der Waals surface area (Å²) in [6, 6.07) is 18.4. The summed E-state index contributed by atoms with van der Waals surface area (Å²) in [4.78, 5) is 34.9. The third kappa shape index (κ3) is 6.12. The Morgan fingerprint density at radius 1 is 1.07 bits per heavy atom. The van der Waals surface area contributed by atoms with E-state index in [-0.39, 0.29) is 30.4 Å². The van der Waals surface area contributed by atoms with Gasteiger partial charge < -0.3 is 19.7 Å². The zero-order valence-corrected chi connectivity index (χ0v) is 25.2. The molecule has 0 saturated carbocycles. The largest absolute Gasteiger partial charge is 0.495 e. The highest BCUT2D eigenvalue weighted by molar-refractivity contribution is 6.30. The van der Waals surface area contributed by atoms with Gasteiger partial charge in [0.15, 0.2) is 0 Å². The number of carbonyl (C=O) groups excluding carboxylic acids is 2. The van der Waals surface area contributed by atoms with Crippen LogP contribution in [-0.2, 0) is 4.79 Å². The van der Waals surface area contributed by atoms with Gasteiger partial charge in [-0.15, -0.1) is 12.4 Å². The number of benzene rings is 3. The minimum absolute atomic E-state index is 0. The van der Waals surface area contributed by atoms with Crippen LogP contribution in [0, 0.1) is 11.3 Å². The fourth-order valence-corrected chi connectivity index (χ4v) is 5.33. The average molecular weight is 629 g/mol. The maximum Gasteiger partial charge on any atom is 0.326 e. The topological polar surface area (TPSA) is 107 Å². The molecule has 2 atom stereocenters. The summed E-state index contributed by atoms with van der Waals surface area (Å²) in [6.45, 7) is 2.75. The average Bonchev–Trinajstić information content (AvgIpc) is 3.37. The summed E-state index contributed by atoms with van der Waals surface area (Å²) in [5.74, 6) is 0.810. The Kier molecular flexibility index (Phi) is 9.84. The van der Waals surface area contributed by atoms with Crippen molar-refractivity contribution < 1.29 is 19.1 Å². The lowest BCUT2D eigenvalue weighted by Gasteiger charge is -2.35. The van der Waals surface area contributed by atoms with Gasteiger partial charge in [0.1, 0.15) is 36.0 Å². The van der Waals surface area contributed by atoms with Crippen LogP contribution in [0.25, 0.3) is 0 Å². The molecular formula is C30H28Cl3N5O4. The molecule has 1 saturated heterocycles. The molecule has 0 aliphatic carbocycles. The number of rotatable bonds is 6. The van der Waals surface area contributed by atoms with Gasteiger partial charge in [0.25, 0.3) is 0 Å². The highest BCUT2D eigenvalue weighted by Crippen LogP contribution is 2.46. The first kappa shape index (κ1) is 31.0. The first-order chi connectivity index (χ1) is 19.8. The number of hydrogen-bond donors (Lipinski definition) is 1. The van der Waals surface area contributed by atoms with Crippen LogP contribution in [0.2, 0.25) is 10.0 Å². The molecule has 0 aromatic heterocycles. The van der Waals surface area contributed by atoms with Crippen molar-refractivity contribution in [1.29, 1.82) is 5.26 Å². The zero-order valence-electron chi connectivity index (χ0n) is 22.8. The Morgan fingerprint density at radius 3 is 2.29 bits per heavy atom. The highest BCUT2D eigenvalue weighted by atomic mass is 35.5. The first-order valence-corrected chi connectivity index (χ1v) is 13.8.